The number of para-hydroxylation sites is 1. The average molecular weight is 476 g/mol. The van der Waals surface area contributed by atoms with Gasteiger partial charge in [-0.1, -0.05) is 60.1 Å². The molecule has 160 valence electrons. The van der Waals surface area contributed by atoms with E-state index in [4.69, 9.17) is 23.2 Å². The molecule has 4 rings (SSSR count). The molecule has 0 spiro atoms. The number of hydrogen-bond acceptors (Lipinski definition) is 5. The first kappa shape index (κ1) is 21.7. The Morgan fingerprint density at radius 1 is 1.16 bits per heavy atom. The van der Waals surface area contributed by atoms with Gasteiger partial charge in [0.15, 0.2) is 5.16 Å². The van der Waals surface area contributed by atoms with Crippen LogP contribution in [0.2, 0.25) is 10.0 Å². The Hall–Kier alpha value is -2.55. The molecule has 1 N–H and O–H groups in total. The van der Waals surface area contributed by atoms with Crippen LogP contribution in [-0.4, -0.2) is 30.8 Å². The molecule has 0 saturated heterocycles. The van der Waals surface area contributed by atoms with E-state index in [1.54, 1.807) is 22.8 Å². The molecule has 0 aliphatic heterocycles. The van der Waals surface area contributed by atoms with Crippen LogP contribution in [0.25, 0.3) is 16.7 Å². The largest absolute Gasteiger partial charge is 0.323 e. The van der Waals surface area contributed by atoms with Gasteiger partial charge in [-0.3, -0.25) is 18.6 Å². The van der Waals surface area contributed by atoms with Crippen LogP contribution in [0.15, 0.2) is 46.3 Å². The van der Waals surface area contributed by atoms with E-state index in [0.29, 0.717) is 44.1 Å². The minimum atomic E-state index is -0.276. The predicted molar refractivity (Wildman–Crippen MR) is 126 cm³/mol. The van der Waals surface area contributed by atoms with E-state index in [1.807, 2.05) is 36.4 Å². The van der Waals surface area contributed by atoms with Crippen molar-refractivity contribution < 1.29 is 4.79 Å². The van der Waals surface area contributed by atoms with Gasteiger partial charge in [-0.2, -0.15) is 0 Å². The van der Waals surface area contributed by atoms with Gasteiger partial charge in [0, 0.05) is 6.54 Å². The minimum absolute atomic E-state index is 0.0720. The smallest absolute Gasteiger partial charge is 0.262 e. The van der Waals surface area contributed by atoms with Crippen LogP contribution in [0.4, 0.5) is 5.69 Å². The van der Waals surface area contributed by atoms with Crippen molar-refractivity contribution in [2.24, 2.45) is 0 Å². The van der Waals surface area contributed by atoms with E-state index in [9.17, 15) is 9.59 Å². The second kappa shape index (κ2) is 8.90. The second-order valence-corrected chi connectivity index (χ2v) is 8.71. The van der Waals surface area contributed by atoms with Gasteiger partial charge >= 0.3 is 0 Å². The van der Waals surface area contributed by atoms with Gasteiger partial charge in [-0.05, 0) is 37.1 Å². The van der Waals surface area contributed by atoms with Crippen LogP contribution >= 0.6 is 35.0 Å². The lowest BCUT2D eigenvalue weighted by atomic mass is 10.2. The summed E-state index contributed by atoms with van der Waals surface area (Å²) in [6.45, 7) is 4.36. The Morgan fingerprint density at radius 3 is 2.71 bits per heavy atom. The first-order valence-electron chi connectivity index (χ1n) is 9.66. The SMILES string of the molecule is CCCn1c(=O)c2ccccc2n2c(SCC(=O)Nc3c(Cl)ccc(C)c3Cl)nnc12. The molecule has 2 aromatic heterocycles. The van der Waals surface area contributed by atoms with Crippen molar-refractivity contribution in [2.45, 2.75) is 32.0 Å². The van der Waals surface area contributed by atoms with Gasteiger partial charge in [0.05, 0.1) is 32.4 Å². The Balaban J connectivity index is 1.66. The van der Waals surface area contributed by atoms with E-state index in [1.165, 1.54) is 11.8 Å². The number of aromatic nitrogens is 4. The van der Waals surface area contributed by atoms with E-state index in [-0.39, 0.29) is 17.2 Å². The number of benzene rings is 2. The van der Waals surface area contributed by atoms with Gasteiger partial charge in [0.1, 0.15) is 0 Å². The molecule has 7 nitrogen and oxygen atoms in total. The highest BCUT2D eigenvalue weighted by Crippen LogP contribution is 2.33. The van der Waals surface area contributed by atoms with E-state index < -0.39 is 0 Å². The number of hydrogen-bond donors (Lipinski definition) is 1. The number of carbonyl (C=O) groups excluding carboxylic acids is 1. The molecular formula is C21H19Cl2N5O2S. The quantitative estimate of drug-likeness (QED) is 0.405. The van der Waals surface area contributed by atoms with Crippen molar-refractivity contribution in [3.8, 4) is 0 Å². The predicted octanol–water partition coefficient (Wildman–Crippen LogP) is 4.80. The lowest BCUT2D eigenvalue weighted by Gasteiger charge is -2.11. The number of halogens is 2. The third kappa shape index (κ3) is 4.03. The molecule has 0 aliphatic carbocycles. The van der Waals surface area contributed by atoms with Crippen molar-refractivity contribution in [2.75, 3.05) is 11.1 Å². The first-order valence-corrected chi connectivity index (χ1v) is 11.4. The number of fused-ring (bicyclic) bond motifs is 3. The third-order valence-electron chi connectivity index (χ3n) is 4.81. The molecule has 10 heteroatoms. The van der Waals surface area contributed by atoms with Crippen LogP contribution in [0.1, 0.15) is 18.9 Å². The standard InChI is InChI=1S/C21H19Cl2N5O2S/c1-3-10-27-19(30)13-6-4-5-7-15(13)28-20(27)25-26-21(28)31-11-16(29)24-18-14(22)9-8-12(2)17(18)23/h4-9H,3,10-11H2,1-2H3,(H,24,29). The summed E-state index contributed by atoms with van der Waals surface area (Å²) >= 11 is 13.7. The van der Waals surface area contributed by atoms with Gasteiger partial charge in [-0.15, -0.1) is 10.2 Å². The summed E-state index contributed by atoms with van der Waals surface area (Å²) in [5.74, 6) is 0.253. The van der Waals surface area contributed by atoms with Crippen LogP contribution in [0.5, 0.6) is 0 Å². The van der Waals surface area contributed by atoms with Crippen molar-refractivity contribution >= 4 is 63.2 Å². The molecular weight excluding hydrogens is 457 g/mol. The number of rotatable bonds is 6. The number of amides is 1. The summed E-state index contributed by atoms with van der Waals surface area (Å²) in [7, 11) is 0. The Labute approximate surface area is 192 Å². The number of nitrogens with one attached hydrogen (secondary N) is 1. The van der Waals surface area contributed by atoms with Gasteiger partial charge in [0.2, 0.25) is 11.7 Å². The van der Waals surface area contributed by atoms with Crippen LogP contribution in [-0.2, 0) is 11.3 Å². The number of nitrogens with zero attached hydrogens (tertiary/aromatic N) is 4. The molecule has 0 bridgehead atoms. The highest BCUT2D eigenvalue weighted by Gasteiger charge is 2.18. The summed E-state index contributed by atoms with van der Waals surface area (Å²) < 4.78 is 3.43. The Kier molecular flexibility index (Phi) is 6.22. The zero-order chi connectivity index (χ0) is 22.1. The molecule has 0 unspecified atom stereocenters. The van der Waals surface area contributed by atoms with Crippen molar-refractivity contribution in [1.29, 1.82) is 0 Å². The van der Waals surface area contributed by atoms with Crippen molar-refractivity contribution in [3.63, 3.8) is 0 Å². The van der Waals surface area contributed by atoms with Gasteiger partial charge < -0.3 is 5.32 Å². The van der Waals surface area contributed by atoms with Gasteiger partial charge in [-0.25, -0.2) is 0 Å². The number of aryl methyl sites for hydroxylation is 2. The Bertz CT molecular complexity index is 1370. The highest BCUT2D eigenvalue weighted by molar-refractivity contribution is 7.99. The number of thioether (sulfide) groups is 1. The molecule has 0 aliphatic rings. The summed E-state index contributed by atoms with van der Waals surface area (Å²) in [5.41, 5.74) is 1.81. The van der Waals surface area contributed by atoms with Gasteiger partial charge in [0.25, 0.3) is 5.56 Å². The molecule has 2 heterocycles. The lowest BCUT2D eigenvalue weighted by Crippen LogP contribution is -2.23. The number of carbonyl (C=O) groups is 1. The molecule has 4 aromatic rings. The van der Waals surface area contributed by atoms with E-state index in [2.05, 4.69) is 15.5 Å². The third-order valence-corrected chi connectivity index (χ3v) is 6.54. The molecule has 0 saturated carbocycles. The van der Waals surface area contributed by atoms with Crippen molar-refractivity contribution in [1.82, 2.24) is 19.2 Å². The zero-order valence-electron chi connectivity index (χ0n) is 16.9. The molecule has 0 radical (unpaired) electrons. The summed E-state index contributed by atoms with van der Waals surface area (Å²) in [4.78, 5) is 25.5. The summed E-state index contributed by atoms with van der Waals surface area (Å²) in [6.07, 6.45) is 0.781. The maximum absolute atomic E-state index is 12.9. The average Bonchev–Trinajstić information content (AvgIpc) is 3.19. The lowest BCUT2D eigenvalue weighted by molar-refractivity contribution is -0.113. The van der Waals surface area contributed by atoms with Crippen molar-refractivity contribution in [3.05, 3.63) is 62.4 Å². The number of anilines is 1. The molecule has 2 aromatic carbocycles. The molecule has 0 fully saturated rings. The molecule has 0 atom stereocenters. The zero-order valence-corrected chi connectivity index (χ0v) is 19.2. The monoisotopic (exact) mass is 475 g/mol. The fraction of sp³-hybridized carbons (Fsp3) is 0.238. The maximum atomic E-state index is 12.9. The fourth-order valence-corrected chi connectivity index (χ4v) is 4.53. The van der Waals surface area contributed by atoms with Crippen LogP contribution in [0.3, 0.4) is 0 Å². The maximum Gasteiger partial charge on any atom is 0.262 e. The minimum Gasteiger partial charge on any atom is -0.323 e. The topological polar surface area (TPSA) is 81.3 Å². The van der Waals surface area contributed by atoms with E-state index in [0.717, 1.165) is 12.0 Å². The summed E-state index contributed by atoms with van der Waals surface area (Å²) in [5, 5.41) is 13.1. The van der Waals surface area contributed by atoms with Crippen LogP contribution < -0.4 is 10.9 Å². The summed E-state index contributed by atoms with van der Waals surface area (Å²) in [6, 6.07) is 10.8. The highest BCUT2D eigenvalue weighted by atomic mass is 35.5. The molecule has 1 amide bonds. The second-order valence-electron chi connectivity index (χ2n) is 6.98. The first-order chi connectivity index (χ1) is 14.9. The van der Waals surface area contributed by atoms with Crippen LogP contribution in [0, 0.1) is 6.92 Å². The Morgan fingerprint density at radius 2 is 1.94 bits per heavy atom. The molecule has 31 heavy (non-hydrogen) atoms. The normalized spacial score (nSPS) is 11.4. The van der Waals surface area contributed by atoms with E-state index >= 15 is 0 Å². The fourth-order valence-electron chi connectivity index (χ4n) is 3.33.